The Morgan fingerprint density at radius 3 is 2.93 bits per heavy atom. The lowest BCUT2D eigenvalue weighted by atomic mass is 10.2. The van der Waals surface area contributed by atoms with E-state index in [1.54, 1.807) is 12.1 Å². The van der Waals surface area contributed by atoms with E-state index in [0.717, 1.165) is 0 Å². The number of ether oxygens (including phenoxy) is 1. The summed E-state index contributed by atoms with van der Waals surface area (Å²) in [6.45, 7) is 1.26. The molecule has 0 aliphatic carbocycles. The number of aliphatic hydroxyl groups excluding tert-OH is 1. The zero-order valence-corrected chi connectivity index (χ0v) is 8.37. The molecule has 1 saturated heterocycles. The van der Waals surface area contributed by atoms with Gasteiger partial charge in [-0.25, -0.2) is 0 Å². The van der Waals surface area contributed by atoms with Crippen molar-refractivity contribution in [3.05, 3.63) is 29.3 Å². The Morgan fingerprint density at radius 1 is 1.43 bits per heavy atom. The Kier molecular flexibility index (Phi) is 2.91. The van der Waals surface area contributed by atoms with Crippen molar-refractivity contribution >= 4 is 11.6 Å². The molecule has 0 unspecified atom stereocenters. The number of halogens is 1. The van der Waals surface area contributed by atoms with Gasteiger partial charge >= 0.3 is 0 Å². The molecule has 1 aromatic rings. The summed E-state index contributed by atoms with van der Waals surface area (Å²) in [7, 11) is 0. The third-order valence-electron chi connectivity index (χ3n) is 2.21. The van der Waals surface area contributed by atoms with Gasteiger partial charge < -0.3 is 15.2 Å². The van der Waals surface area contributed by atoms with Crippen molar-refractivity contribution < 1.29 is 9.84 Å². The number of nitrogens with one attached hydrogen (secondary N) is 1. The molecule has 14 heavy (non-hydrogen) atoms. The maximum atomic E-state index is 9.50. The summed E-state index contributed by atoms with van der Waals surface area (Å²) in [5.41, 5.74) is 0. The largest absolute Gasteiger partial charge is 0.486 e. The van der Waals surface area contributed by atoms with E-state index < -0.39 is 6.10 Å². The lowest BCUT2D eigenvalue weighted by Crippen LogP contribution is -2.29. The molecular formula is C10H12ClNO2. The van der Waals surface area contributed by atoms with Gasteiger partial charge in [-0.3, -0.25) is 0 Å². The highest BCUT2D eigenvalue weighted by atomic mass is 35.5. The number of rotatable bonds is 2. The highest BCUT2D eigenvalue weighted by Crippen LogP contribution is 2.19. The van der Waals surface area contributed by atoms with Gasteiger partial charge in [-0.1, -0.05) is 17.7 Å². The van der Waals surface area contributed by atoms with Crippen LogP contribution >= 0.6 is 11.6 Å². The molecular weight excluding hydrogens is 202 g/mol. The van der Waals surface area contributed by atoms with Crippen molar-refractivity contribution in [3.8, 4) is 5.75 Å². The summed E-state index contributed by atoms with van der Waals surface area (Å²) in [4.78, 5) is 0. The van der Waals surface area contributed by atoms with Crippen molar-refractivity contribution in [2.24, 2.45) is 0 Å². The van der Waals surface area contributed by atoms with Gasteiger partial charge in [0.2, 0.25) is 0 Å². The third-order valence-corrected chi connectivity index (χ3v) is 2.45. The fourth-order valence-electron chi connectivity index (χ4n) is 1.48. The number of benzene rings is 1. The molecule has 76 valence electrons. The molecule has 1 heterocycles. The second kappa shape index (κ2) is 4.17. The van der Waals surface area contributed by atoms with Gasteiger partial charge in [-0.2, -0.15) is 0 Å². The second-order valence-electron chi connectivity index (χ2n) is 3.34. The normalized spacial score (nSPS) is 26.4. The first-order valence-electron chi connectivity index (χ1n) is 4.57. The Morgan fingerprint density at radius 2 is 2.29 bits per heavy atom. The molecule has 0 bridgehead atoms. The van der Waals surface area contributed by atoms with Crippen LogP contribution < -0.4 is 10.1 Å². The summed E-state index contributed by atoms with van der Waals surface area (Å²) in [5.74, 6) is 0.699. The van der Waals surface area contributed by atoms with E-state index in [9.17, 15) is 5.11 Å². The lowest BCUT2D eigenvalue weighted by molar-refractivity contribution is 0.0738. The van der Waals surface area contributed by atoms with Crippen LogP contribution in [0.2, 0.25) is 5.02 Å². The lowest BCUT2D eigenvalue weighted by Gasteiger charge is -2.15. The fraction of sp³-hybridized carbons (Fsp3) is 0.400. The van der Waals surface area contributed by atoms with Gasteiger partial charge in [0.25, 0.3) is 0 Å². The Labute approximate surface area is 87.6 Å². The van der Waals surface area contributed by atoms with Crippen LogP contribution in [0.1, 0.15) is 0 Å². The SMILES string of the molecule is O[C@H]1CNC[C@@H]1Oc1cccc(Cl)c1. The van der Waals surface area contributed by atoms with Gasteiger partial charge in [0, 0.05) is 18.1 Å². The molecule has 2 atom stereocenters. The molecule has 1 aromatic carbocycles. The first kappa shape index (κ1) is 9.77. The van der Waals surface area contributed by atoms with E-state index in [-0.39, 0.29) is 6.10 Å². The van der Waals surface area contributed by atoms with E-state index in [1.807, 2.05) is 12.1 Å². The predicted molar refractivity (Wildman–Crippen MR) is 54.7 cm³/mol. The van der Waals surface area contributed by atoms with Crippen LogP contribution in [0.4, 0.5) is 0 Å². The molecule has 0 radical (unpaired) electrons. The van der Waals surface area contributed by atoms with E-state index in [2.05, 4.69) is 5.32 Å². The predicted octanol–water partition coefficient (Wildman–Crippen LogP) is 1.05. The fourth-order valence-corrected chi connectivity index (χ4v) is 1.66. The van der Waals surface area contributed by atoms with E-state index in [0.29, 0.717) is 23.9 Å². The molecule has 0 aromatic heterocycles. The monoisotopic (exact) mass is 213 g/mol. The number of β-amino-alcohol motifs (C(OH)–C–C–N with tert-alkyl or cyclic N) is 1. The second-order valence-corrected chi connectivity index (χ2v) is 3.78. The minimum absolute atomic E-state index is 0.173. The first-order chi connectivity index (χ1) is 6.75. The molecule has 2 rings (SSSR count). The van der Waals surface area contributed by atoms with Gasteiger partial charge in [0.05, 0.1) is 0 Å². The van der Waals surface area contributed by atoms with Crippen molar-refractivity contribution in [2.45, 2.75) is 12.2 Å². The minimum atomic E-state index is -0.436. The zero-order chi connectivity index (χ0) is 9.97. The van der Waals surface area contributed by atoms with Crippen LogP contribution in [0.3, 0.4) is 0 Å². The van der Waals surface area contributed by atoms with Gasteiger partial charge in [0.1, 0.15) is 18.0 Å². The average Bonchev–Trinajstić information content (AvgIpc) is 2.52. The topological polar surface area (TPSA) is 41.5 Å². The molecule has 0 spiro atoms. The van der Waals surface area contributed by atoms with Crippen LogP contribution in [-0.2, 0) is 0 Å². The average molecular weight is 214 g/mol. The highest BCUT2D eigenvalue weighted by Gasteiger charge is 2.26. The molecule has 0 saturated carbocycles. The molecule has 0 amide bonds. The summed E-state index contributed by atoms with van der Waals surface area (Å²) < 4.78 is 5.57. The number of aliphatic hydroxyl groups is 1. The number of hydrogen-bond donors (Lipinski definition) is 2. The van der Waals surface area contributed by atoms with Crippen molar-refractivity contribution in [3.63, 3.8) is 0 Å². The molecule has 1 fully saturated rings. The van der Waals surface area contributed by atoms with Gasteiger partial charge in [-0.05, 0) is 18.2 Å². The Hall–Kier alpha value is -0.770. The zero-order valence-electron chi connectivity index (χ0n) is 7.61. The van der Waals surface area contributed by atoms with Crippen LogP contribution in [0.25, 0.3) is 0 Å². The first-order valence-corrected chi connectivity index (χ1v) is 4.94. The molecule has 1 aliphatic heterocycles. The van der Waals surface area contributed by atoms with E-state index in [4.69, 9.17) is 16.3 Å². The van der Waals surface area contributed by atoms with Crippen molar-refractivity contribution in [1.29, 1.82) is 0 Å². The van der Waals surface area contributed by atoms with Crippen LogP contribution in [-0.4, -0.2) is 30.4 Å². The maximum Gasteiger partial charge on any atom is 0.138 e. The van der Waals surface area contributed by atoms with Crippen molar-refractivity contribution in [1.82, 2.24) is 5.32 Å². The smallest absolute Gasteiger partial charge is 0.138 e. The summed E-state index contributed by atoms with van der Waals surface area (Å²) in [6, 6.07) is 7.19. The third kappa shape index (κ3) is 2.18. The van der Waals surface area contributed by atoms with Crippen LogP contribution in [0, 0.1) is 0 Å². The van der Waals surface area contributed by atoms with Gasteiger partial charge in [-0.15, -0.1) is 0 Å². The molecule has 1 aliphatic rings. The quantitative estimate of drug-likeness (QED) is 0.772. The standard InChI is InChI=1S/C10H12ClNO2/c11-7-2-1-3-8(4-7)14-10-6-12-5-9(10)13/h1-4,9-10,12-13H,5-6H2/t9-,10-/m0/s1. The van der Waals surface area contributed by atoms with Crippen molar-refractivity contribution in [2.75, 3.05) is 13.1 Å². The molecule has 3 nitrogen and oxygen atoms in total. The molecule has 4 heteroatoms. The summed E-state index contributed by atoms with van der Waals surface area (Å²) >= 11 is 5.81. The Balaban J connectivity index is 2.03. The van der Waals surface area contributed by atoms with Crippen LogP contribution in [0.15, 0.2) is 24.3 Å². The van der Waals surface area contributed by atoms with Crippen LogP contribution in [0.5, 0.6) is 5.75 Å². The summed E-state index contributed by atoms with van der Waals surface area (Å²) in [5, 5.41) is 13.2. The number of hydrogen-bond acceptors (Lipinski definition) is 3. The maximum absolute atomic E-state index is 9.50. The van der Waals surface area contributed by atoms with E-state index in [1.165, 1.54) is 0 Å². The Bertz CT molecular complexity index is 319. The molecule has 2 N–H and O–H groups in total. The minimum Gasteiger partial charge on any atom is -0.486 e. The van der Waals surface area contributed by atoms with Gasteiger partial charge in [0.15, 0.2) is 0 Å². The highest BCUT2D eigenvalue weighted by molar-refractivity contribution is 6.30. The summed E-state index contributed by atoms with van der Waals surface area (Å²) in [6.07, 6.45) is -0.609. The van der Waals surface area contributed by atoms with E-state index >= 15 is 0 Å².